The highest BCUT2D eigenvalue weighted by molar-refractivity contribution is 6.30. The number of fused-ring (bicyclic) bond motifs is 1. The summed E-state index contributed by atoms with van der Waals surface area (Å²) >= 11 is 6.03. The van der Waals surface area contributed by atoms with E-state index < -0.39 is 0 Å². The molecule has 1 aromatic rings. The van der Waals surface area contributed by atoms with Crippen LogP contribution in [0.5, 0.6) is 0 Å². The Hall–Kier alpha value is -1.14. The van der Waals surface area contributed by atoms with Crippen LogP contribution in [-0.4, -0.2) is 43.0 Å². The molecule has 3 heterocycles. The molecule has 3 fully saturated rings. The molecule has 3 aliphatic rings. The molecule has 0 spiro atoms. The average Bonchev–Trinajstić information content (AvgIpc) is 3.05. The molecule has 136 valence electrons. The van der Waals surface area contributed by atoms with Crippen molar-refractivity contribution in [2.45, 2.75) is 38.3 Å². The summed E-state index contributed by atoms with van der Waals surface area (Å²) in [6, 6.07) is 8.68. The van der Waals surface area contributed by atoms with E-state index in [1.165, 1.54) is 5.56 Å². The summed E-state index contributed by atoms with van der Waals surface area (Å²) in [4.78, 5) is 15.3. The van der Waals surface area contributed by atoms with Crippen LogP contribution in [0.3, 0.4) is 0 Å². The van der Waals surface area contributed by atoms with Crippen LogP contribution in [0.25, 0.3) is 0 Å². The van der Waals surface area contributed by atoms with Crippen molar-refractivity contribution in [1.29, 1.82) is 0 Å². The highest BCUT2D eigenvalue weighted by atomic mass is 35.5. The molecule has 0 bridgehead atoms. The Morgan fingerprint density at radius 2 is 1.92 bits per heavy atom. The second-order valence-corrected chi connectivity index (χ2v) is 8.38. The predicted molar refractivity (Wildman–Crippen MR) is 99.2 cm³/mol. The Bertz CT molecular complexity index is 629. The standard InChI is InChI=1S/C19H27ClN4O/c1-19(7-9-21-10-8-19)18(25)24-11-6-16-15(12-24)17(23-22-16)13-2-4-14(20)5-3-13/h2-5,15-17,21-23H,6-12H2,1H3. The van der Waals surface area contributed by atoms with E-state index >= 15 is 0 Å². The number of nitrogens with zero attached hydrogens (tertiary/aromatic N) is 1. The molecule has 0 radical (unpaired) electrons. The minimum Gasteiger partial charge on any atom is -0.342 e. The molecule has 4 rings (SSSR count). The molecule has 6 heteroatoms. The van der Waals surface area contributed by atoms with Crippen molar-refractivity contribution in [3.05, 3.63) is 34.9 Å². The van der Waals surface area contributed by atoms with Crippen molar-refractivity contribution >= 4 is 17.5 Å². The van der Waals surface area contributed by atoms with Crippen LogP contribution in [0, 0.1) is 11.3 Å². The Morgan fingerprint density at radius 3 is 2.64 bits per heavy atom. The van der Waals surface area contributed by atoms with Gasteiger partial charge in [0, 0.05) is 35.5 Å². The van der Waals surface area contributed by atoms with Gasteiger partial charge in [0.1, 0.15) is 0 Å². The van der Waals surface area contributed by atoms with Crippen LogP contribution in [0.4, 0.5) is 0 Å². The van der Waals surface area contributed by atoms with Crippen LogP contribution < -0.4 is 16.2 Å². The van der Waals surface area contributed by atoms with Gasteiger partial charge in [0.15, 0.2) is 0 Å². The summed E-state index contributed by atoms with van der Waals surface area (Å²) in [5.74, 6) is 0.735. The number of hydrazine groups is 1. The van der Waals surface area contributed by atoms with Gasteiger partial charge in [0.2, 0.25) is 5.91 Å². The second kappa shape index (κ2) is 6.88. The number of benzene rings is 1. The maximum Gasteiger partial charge on any atom is 0.228 e. The SMILES string of the molecule is CC1(C(=O)N2CCC3NNC(c4ccc(Cl)cc4)C3C2)CCNCC1. The Kier molecular flexibility index (Phi) is 4.75. The summed E-state index contributed by atoms with van der Waals surface area (Å²) in [6.07, 6.45) is 2.88. The number of hydrogen-bond acceptors (Lipinski definition) is 4. The van der Waals surface area contributed by atoms with Crippen LogP contribution in [0.2, 0.25) is 5.02 Å². The number of rotatable bonds is 2. The van der Waals surface area contributed by atoms with Gasteiger partial charge in [-0.05, 0) is 50.0 Å². The summed E-state index contributed by atoms with van der Waals surface area (Å²) in [5.41, 5.74) is 7.91. The molecule has 3 saturated heterocycles. The Morgan fingerprint density at radius 1 is 1.20 bits per heavy atom. The van der Waals surface area contributed by atoms with Gasteiger partial charge in [-0.2, -0.15) is 0 Å². The minimum absolute atomic E-state index is 0.201. The smallest absolute Gasteiger partial charge is 0.228 e. The average molecular weight is 363 g/mol. The molecule has 3 aliphatic heterocycles. The summed E-state index contributed by atoms with van der Waals surface area (Å²) < 4.78 is 0. The van der Waals surface area contributed by atoms with Crippen LogP contribution in [0.15, 0.2) is 24.3 Å². The van der Waals surface area contributed by atoms with Crippen molar-refractivity contribution in [2.24, 2.45) is 11.3 Å². The summed E-state index contributed by atoms with van der Waals surface area (Å²) in [6.45, 7) is 5.70. The molecule has 25 heavy (non-hydrogen) atoms. The first-order valence-corrected chi connectivity index (χ1v) is 9.71. The molecule has 1 aromatic carbocycles. The third-order valence-corrected chi connectivity index (χ3v) is 6.50. The number of hydrogen-bond donors (Lipinski definition) is 3. The van der Waals surface area contributed by atoms with Gasteiger partial charge >= 0.3 is 0 Å². The van der Waals surface area contributed by atoms with E-state index in [4.69, 9.17) is 11.6 Å². The third-order valence-electron chi connectivity index (χ3n) is 6.25. The molecule has 0 aliphatic carbocycles. The molecule has 3 atom stereocenters. The van der Waals surface area contributed by atoms with Crippen molar-refractivity contribution in [2.75, 3.05) is 26.2 Å². The van der Waals surface area contributed by atoms with Gasteiger partial charge in [0.05, 0.1) is 6.04 Å². The molecule has 3 unspecified atom stereocenters. The number of likely N-dealkylation sites (tertiary alicyclic amines) is 1. The molecule has 5 nitrogen and oxygen atoms in total. The first-order chi connectivity index (χ1) is 12.1. The molecular weight excluding hydrogens is 336 g/mol. The predicted octanol–water partition coefficient (Wildman–Crippen LogP) is 2.10. The largest absolute Gasteiger partial charge is 0.342 e. The lowest BCUT2D eigenvalue weighted by Crippen LogP contribution is -2.53. The second-order valence-electron chi connectivity index (χ2n) is 7.94. The van der Waals surface area contributed by atoms with E-state index in [1.54, 1.807) is 0 Å². The van der Waals surface area contributed by atoms with E-state index in [1.807, 2.05) is 12.1 Å². The zero-order chi connectivity index (χ0) is 17.4. The van der Waals surface area contributed by atoms with Gasteiger partial charge in [-0.3, -0.25) is 10.2 Å². The monoisotopic (exact) mass is 362 g/mol. The van der Waals surface area contributed by atoms with Crippen LogP contribution in [0.1, 0.15) is 37.8 Å². The van der Waals surface area contributed by atoms with Crippen LogP contribution in [-0.2, 0) is 4.79 Å². The highest BCUT2D eigenvalue weighted by Crippen LogP contribution is 2.37. The number of carbonyl (C=O) groups is 1. The number of halogens is 1. The first-order valence-electron chi connectivity index (χ1n) is 9.33. The van der Waals surface area contributed by atoms with Gasteiger partial charge in [0.25, 0.3) is 0 Å². The maximum absolute atomic E-state index is 13.2. The van der Waals surface area contributed by atoms with Gasteiger partial charge in [-0.1, -0.05) is 30.7 Å². The first kappa shape index (κ1) is 17.3. The third kappa shape index (κ3) is 3.31. The summed E-state index contributed by atoms with van der Waals surface area (Å²) in [5, 5.41) is 4.12. The van der Waals surface area contributed by atoms with E-state index in [0.717, 1.165) is 50.5 Å². The van der Waals surface area contributed by atoms with E-state index in [-0.39, 0.29) is 11.5 Å². The molecule has 1 amide bonds. The molecular formula is C19H27ClN4O. The lowest BCUT2D eigenvalue weighted by molar-refractivity contribution is -0.144. The van der Waals surface area contributed by atoms with Crippen molar-refractivity contribution in [3.8, 4) is 0 Å². The lowest BCUT2D eigenvalue weighted by atomic mass is 9.78. The number of piperidine rings is 2. The minimum atomic E-state index is -0.201. The lowest BCUT2D eigenvalue weighted by Gasteiger charge is -2.42. The van der Waals surface area contributed by atoms with E-state index in [0.29, 0.717) is 17.9 Å². The normalized spacial score (nSPS) is 31.6. The van der Waals surface area contributed by atoms with E-state index in [2.05, 4.69) is 40.1 Å². The molecule has 0 saturated carbocycles. The fourth-order valence-electron chi connectivity index (χ4n) is 4.56. The van der Waals surface area contributed by atoms with E-state index in [9.17, 15) is 4.79 Å². The quantitative estimate of drug-likeness (QED) is 0.754. The van der Waals surface area contributed by atoms with Gasteiger partial charge < -0.3 is 10.2 Å². The van der Waals surface area contributed by atoms with Crippen molar-refractivity contribution in [1.82, 2.24) is 21.1 Å². The molecule has 0 aromatic heterocycles. The van der Waals surface area contributed by atoms with Gasteiger partial charge in [-0.25, -0.2) is 5.43 Å². The highest BCUT2D eigenvalue weighted by Gasteiger charge is 2.45. The number of nitrogens with one attached hydrogen (secondary N) is 3. The van der Waals surface area contributed by atoms with Gasteiger partial charge in [-0.15, -0.1) is 0 Å². The topological polar surface area (TPSA) is 56.4 Å². The van der Waals surface area contributed by atoms with Crippen LogP contribution >= 0.6 is 11.6 Å². The van der Waals surface area contributed by atoms with Crippen molar-refractivity contribution in [3.63, 3.8) is 0 Å². The molecule has 3 N–H and O–H groups in total. The Labute approximate surface area is 154 Å². The zero-order valence-corrected chi connectivity index (χ0v) is 15.5. The Balaban J connectivity index is 1.49. The summed E-state index contributed by atoms with van der Waals surface area (Å²) in [7, 11) is 0. The number of carbonyl (C=O) groups excluding carboxylic acids is 1. The zero-order valence-electron chi connectivity index (χ0n) is 14.7. The number of amides is 1. The fourth-order valence-corrected chi connectivity index (χ4v) is 4.69. The maximum atomic E-state index is 13.2. The van der Waals surface area contributed by atoms with Crippen molar-refractivity contribution < 1.29 is 4.79 Å². The fraction of sp³-hybridized carbons (Fsp3) is 0.632.